The smallest absolute Gasteiger partial charge is 0.220 e. The van der Waals surface area contributed by atoms with Crippen molar-refractivity contribution in [3.8, 4) is 0 Å². The van der Waals surface area contributed by atoms with E-state index in [0.29, 0.717) is 13.0 Å². The van der Waals surface area contributed by atoms with Gasteiger partial charge in [-0.05, 0) is 25.8 Å². The molecule has 1 atom stereocenters. The molecule has 0 aliphatic rings. The summed E-state index contributed by atoms with van der Waals surface area (Å²) in [6, 6.07) is 7.96. The van der Waals surface area contributed by atoms with E-state index in [-0.39, 0.29) is 4.99 Å². The van der Waals surface area contributed by atoms with Crippen LogP contribution in [0, 0.1) is 6.92 Å². The van der Waals surface area contributed by atoms with E-state index in [4.69, 9.17) is 5.73 Å². The van der Waals surface area contributed by atoms with E-state index in [9.17, 15) is 8.42 Å². The van der Waals surface area contributed by atoms with Crippen molar-refractivity contribution in [2.45, 2.75) is 25.5 Å². The Morgan fingerprint density at radius 1 is 1.50 bits per heavy atom. The van der Waals surface area contributed by atoms with Gasteiger partial charge in [0.1, 0.15) is 5.25 Å². The lowest BCUT2D eigenvalue weighted by atomic mass is 10.1. The summed E-state index contributed by atoms with van der Waals surface area (Å²) in [4.78, 5) is -0.0157. The molecule has 1 unspecified atom stereocenters. The normalized spacial score (nSPS) is 13.2. The first kappa shape index (κ1) is 15.1. The summed E-state index contributed by atoms with van der Waals surface area (Å²) in [6.45, 7) is 3.83. The number of hydrogen-bond donors (Lipinski definition) is 2. The molecule has 18 heavy (non-hydrogen) atoms. The third-order valence-corrected chi connectivity index (χ3v) is 4.96. The van der Waals surface area contributed by atoms with Gasteiger partial charge in [-0.15, -0.1) is 0 Å². The first-order valence-corrected chi connectivity index (χ1v) is 7.62. The van der Waals surface area contributed by atoms with Crippen LogP contribution in [-0.4, -0.2) is 25.2 Å². The molecule has 1 aromatic rings. The zero-order chi connectivity index (χ0) is 13.8. The highest BCUT2D eigenvalue weighted by atomic mass is 32.2. The van der Waals surface area contributed by atoms with Crippen LogP contribution < -0.4 is 10.5 Å². The van der Waals surface area contributed by atoms with Crippen LogP contribution in [0.25, 0.3) is 0 Å². The Kier molecular flexibility index (Phi) is 5.25. The Morgan fingerprint density at radius 3 is 2.72 bits per heavy atom. The first-order valence-electron chi connectivity index (χ1n) is 5.66. The average Bonchev–Trinajstić information content (AvgIpc) is 2.27. The lowest BCUT2D eigenvalue weighted by Crippen LogP contribution is -2.40. The molecule has 6 heteroatoms. The van der Waals surface area contributed by atoms with Crippen LogP contribution in [0.1, 0.15) is 18.1 Å². The number of aryl methyl sites for hydroxylation is 1. The van der Waals surface area contributed by atoms with Crippen molar-refractivity contribution in [3.63, 3.8) is 0 Å². The van der Waals surface area contributed by atoms with E-state index in [0.717, 1.165) is 11.1 Å². The third kappa shape index (κ3) is 4.36. The predicted molar refractivity (Wildman–Crippen MR) is 78.1 cm³/mol. The van der Waals surface area contributed by atoms with Crippen LogP contribution in [0.5, 0.6) is 0 Å². The molecule has 100 valence electrons. The Bertz CT molecular complexity index is 527. The molecule has 0 aliphatic heterocycles. The van der Waals surface area contributed by atoms with Gasteiger partial charge in [0.15, 0.2) is 0 Å². The van der Waals surface area contributed by atoms with Gasteiger partial charge in [0.2, 0.25) is 10.0 Å². The van der Waals surface area contributed by atoms with Crippen molar-refractivity contribution in [2.24, 2.45) is 5.73 Å². The fourth-order valence-electron chi connectivity index (χ4n) is 1.48. The van der Waals surface area contributed by atoms with E-state index < -0.39 is 15.3 Å². The van der Waals surface area contributed by atoms with E-state index in [2.05, 4.69) is 16.9 Å². The Morgan fingerprint density at radius 2 is 2.17 bits per heavy atom. The molecule has 3 N–H and O–H groups in total. The number of nitrogens with two attached hydrogens (primary N) is 1. The minimum absolute atomic E-state index is 0.0157. The van der Waals surface area contributed by atoms with Crippen LogP contribution in [0.3, 0.4) is 0 Å². The molecule has 0 bridgehead atoms. The molecule has 1 rings (SSSR count). The number of rotatable bonds is 6. The maximum atomic E-state index is 11.8. The predicted octanol–water partition coefficient (Wildman–Crippen LogP) is 1.13. The maximum Gasteiger partial charge on any atom is 0.220 e. The largest absolute Gasteiger partial charge is 0.392 e. The van der Waals surface area contributed by atoms with Gasteiger partial charge in [-0.1, -0.05) is 42.0 Å². The van der Waals surface area contributed by atoms with Gasteiger partial charge >= 0.3 is 0 Å². The van der Waals surface area contributed by atoms with Crippen LogP contribution in [0.15, 0.2) is 24.3 Å². The first-order chi connectivity index (χ1) is 8.33. The quantitative estimate of drug-likeness (QED) is 0.769. The van der Waals surface area contributed by atoms with E-state index in [1.807, 2.05) is 31.2 Å². The molecule has 0 aliphatic carbocycles. The summed E-state index contributed by atoms with van der Waals surface area (Å²) >= 11 is 4.69. The van der Waals surface area contributed by atoms with Crippen LogP contribution >= 0.6 is 12.2 Å². The highest BCUT2D eigenvalue weighted by molar-refractivity contribution is 7.93. The van der Waals surface area contributed by atoms with Crippen molar-refractivity contribution in [1.82, 2.24) is 4.72 Å². The second-order valence-electron chi connectivity index (χ2n) is 4.22. The fraction of sp³-hybridized carbons (Fsp3) is 0.417. The van der Waals surface area contributed by atoms with Gasteiger partial charge in [-0.2, -0.15) is 0 Å². The van der Waals surface area contributed by atoms with Gasteiger partial charge in [-0.25, -0.2) is 13.1 Å². The molecule has 0 fully saturated rings. The Balaban J connectivity index is 2.54. The Labute approximate surface area is 114 Å². The highest BCUT2D eigenvalue weighted by Gasteiger charge is 2.22. The minimum Gasteiger partial charge on any atom is -0.392 e. The SMILES string of the molecule is Cc1cccc(CCNS(=O)(=O)C(C)C(N)=S)c1. The van der Waals surface area contributed by atoms with Gasteiger partial charge in [0.25, 0.3) is 0 Å². The van der Waals surface area contributed by atoms with Gasteiger partial charge < -0.3 is 5.73 Å². The molecule has 0 saturated carbocycles. The molecule has 0 radical (unpaired) electrons. The summed E-state index contributed by atoms with van der Waals surface area (Å²) < 4.78 is 26.0. The van der Waals surface area contributed by atoms with Gasteiger partial charge in [-0.3, -0.25) is 0 Å². The number of hydrogen-bond acceptors (Lipinski definition) is 3. The summed E-state index contributed by atoms with van der Waals surface area (Å²) in [5, 5.41) is -0.843. The fourth-order valence-corrected chi connectivity index (χ4v) is 2.81. The van der Waals surface area contributed by atoms with Crippen molar-refractivity contribution in [2.75, 3.05) is 6.54 Å². The third-order valence-electron chi connectivity index (χ3n) is 2.67. The van der Waals surface area contributed by atoms with Gasteiger partial charge in [0, 0.05) is 6.54 Å². The van der Waals surface area contributed by atoms with Crippen molar-refractivity contribution < 1.29 is 8.42 Å². The zero-order valence-electron chi connectivity index (χ0n) is 10.5. The molecule has 4 nitrogen and oxygen atoms in total. The highest BCUT2D eigenvalue weighted by Crippen LogP contribution is 2.05. The average molecular weight is 286 g/mol. The van der Waals surface area contributed by atoms with E-state index >= 15 is 0 Å². The zero-order valence-corrected chi connectivity index (χ0v) is 12.1. The van der Waals surface area contributed by atoms with Crippen molar-refractivity contribution in [3.05, 3.63) is 35.4 Å². The van der Waals surface area contributed by atoms with Crippen molar-refractivity contribution in [1.29, 1.82) is 0 Å². The second-order valence-corrected chi connectivity index (χ2v) is 6.78. The minimum atomic E-state index is -3.46. The molecule has 0 spiro atoms. The molecule has 1 aromatic carbocycles. The standard InChI is InChI=1S/C12H18N2O2S2/c1-9-4-3-5-11(8-9)6-7-14-18(15,16)10(2)12(13)17/h3-5,8,10,14H,6-7H2,1-2H3,(H2,13,17). The van der Waals surface area contributed by atoms with Crippen LogP contribution in [0.4, 0.5) is 0 Å². The molecular formula is C12H18N2O2S2. The molecule has 0 amide bonds. The molecule has 0 heterocycles. The molecule has 0 saturated heterocycles. The molecule has 0 aromatic heterocycles. The summed E-state index contributed by atoms with van der Waals surface area (Å²) in [7, 11) is -3.46. The van der Waals surface area contributed by atoms with Gasteiger partial charge in [0.05, 0.1) is 4.99 Å². The lowest BCUT2D eigenvalue weighted by molar-refractivity contribution is 0.578. The maximum absolute atomic E-state index is 11.8. The number of benzene rings is 1. The number of nitrogens with one attached hydrogen (secondary N) is 1. The van der Waals surface area contributed by atoms with Crippen molar-refractivity contribution >= 4 is 27.2 Å². The van der Waals surface area contributed by atoms with Crippen LogP contribution in [-0.2, 0) is 16.4 Å². The molecular weight excluding hydrogens is 268 g/mol. The summed E-state index contributed by atoms with van der Waals surface area (Å²) in [5.41, 5.74) is 7.59. The van der Waals surface area contributed by atoms with E-state index in [1.54, 1.807) is 0 Å². The summed E-state index contributed by atoms with van der Waals surface area (Å²) in [5.74, 6) is 0. The monoisotopic (exact) mass is 286 g/mol. The van der Waals surface area contributed by atoms with E-state index in [1.165, 1.54) is 6.92 Å². The lowest BCUT2D eigenvalue weighted by Gasteiger charge is -2.12. The number of thiocarbonyl (C=S) groups is 1. The topological polar surface area (TPSA) is 72.2 Å². The number of sulfonamides is 1. The Hall–Kier alpha value is -0.980. The second kappa shape index (κ2) is 6.26. The van der Waals surface area contributed by atoms with Crippen LogP contribution in [0.2, 0.25) is 0 Å². The summed E-state index contributed by atoms with van der Waals surface area (Å²) in [6.07, 6.45) is 0.644.